The van der Waals surface area contributed by atoms with Gasteiger partial charge in [0, 0.05) is 35.5 Å². The molecule has 33 heavy (non-hydrogen) atoms. The number of rotatable bonds is 3. The minimum atomic E-state index is -1.24. The molecule has 3 heterocycles. The number of nitrogens with two attached hydrogens (primary N) is 1. The van der Waals surface area contributed by atoms with E-state index in [9.17, 15) is 9.18 Å². The number of benzene rings is 1. The number of nitrogen functional groups attached to an aromatic ring is 1. The van der Waals surface area contributed by atoms with Crippen molar-refractivity contribution in [2.45, 2.75) is 39.5 Å². The topological polar surface area (TPSA) is 122 Å². The summed E-state index contributed by atoms with van der Waals surface area (Å²) >= 11 is 0. The fourth-order valence-electron chi connectivity index (χ4n) is 4.07. The highest BCUT2D eigenvalue weighted by molar-refractivity contribution is 5.99. The van der Waals surface area contributed by atoms with Crippen LogP contribution in [0.3, 0.4) is 0 Å². The molecule has 1 aliphatic heterocycles. The first-order valence-corrected chi connectivity index (χ1v) is 11.1. The van der Waals surface area contributed by atoms with Crippen LogP contribution in [0.2, 0.25) is 0 Å². The number of hydrogen-bond acceptors (Lipinski definition) is 6. The lowest BCUT2D eigenvalue weighted by molar-refractivity contribution is 0.209. The van der Waals surface area contributed by atoms with E-state index < -0.39 is 11.9 Å². The highest BCUT2D eigenvalue weighted by Crippen LogP contribution is 2.39. The molecular weight excluding hydrogens is 425 g/mol. The van der Waals surface area contributed by atoms with Gasteiger partial charge in [-0.05, 0) is 35.9 Å². The molecule has 2 aromatic heterocycles. The molecule has 0 saturated heterocycles. The van der Waals surface area contributed by atoms with Crippen molar-refractivity contribution in [2.75, 3.05) is 29.5 Å². The zero-order valence-electron chi connectivity index (χ0n) is 18.7. The van der Waals surface area contributed by atoms with E-state index in [0.29, 0.717) is 35.4 Å². The zero-order chi connectivity index (χ0) is 23.5. The number of halogens is 1. The summed E-state index contributed by atoms with van der Waals surface area (Å²) in [6, 6.07) is 3.11. The largest absolute Gasteiger partial charge is 0.474 e. The van der Waals surface area contributed by atoms with Gasteiger partial charge in [0.2, 0.25) is 5.88 Å². The van der Waals surface area contributed by atoms with E-state index in [1.807, 2.05) is 6.92 Å². The standard InChI is InChI=1S/C18H16FN5O3.C6H12/c1-8-11(6-23-17-16(8)21-2-3-27-17)10-4-9-5-13(24-18(25)26)22-7-12(9)15(20)14(10)19;1-2-6-4-3-5-6/h4-7,21H,2-3,20H2,1H3,(H,22,24)(H,25,26);6H,2-5H2,1H3. The van der Waals surface area contributed by atoms with Crippen molar-refractivity contribution in [3.05, 3.63) is 35.9 Å². The number of fused-ring (bicyclic) bond motifs is 2. The molecule has 0 unspecified atom stereocenters. The molecule has 0 spiro atoms. The molecule has 8 nitrogen and oxygen atoms in total. The summed E-state index contributed by atoms with van der Waals surface area (Å²) in [5.74, 6) is 1.14. The Balaban J connectivity index is 0.000000376. The zero-order valence-corrected chi connectivity index (χ0v) is 18.7. The molecule has 5 N–H and O–H groups in total. The summed E-state index contributed by atoms with van der Waals surface area (Å²) < 4.78 is 20.5. The first kappa shape index (κ1) is 22.6. The normalized spacial score (nSPS) is 14.8. The summed E-state index contributed by atoms with van der Waals surface area (Å²) in [5, 5.41) is 15.2. The Morgan fingerprint density at radius 2 is 2.09 bits per heavy atom. The van der Waals surface area contributed by atoms with E-state index in [2.05, 4.69) is 27.5 Å². The van der Waals surface area contributed by atoms with Gasteiger partial charge in [0.15, 0.2) is 5.82 Å². The van der Waals surface area contributed by atoms with Gasteiger partial charge in [0.25, 0.3) is 0 Å². The lowest BCUT2D eigenvalue weighted by atomic mass is 9.84. The third-order valence-corrected chi connectivity index (χ3v) is 6.27. The Bertz CT molecular complexity index is 1190. The molecular formula is C24H28FN5O3. The average Bonchev–Trinajstić information content (AvgIpc) is 2.76. The van der Waals surface area contributed by atoms with Crippen LogP contribution in [-0.2, 0) is 0 Å². The first-order chi connectivity index (χ1) is 15.9. The molecule has 174 valence electrons. The lowest BCUT2D eigenvalue weighted by Gasteiger charge is -2.22. The quantitative estimate of drug-likeness (QED) is 0.391. The van der Waals surface area contributed by atoms with Gasteiger partial charge in [-0.25, -0.2) is 19.2 Å². The van der Waals surface area contributed by atoms with Crippen molar-refractivity contribution in [1.82, 2.24) is 9.97 Å². The van der Waals surface area contributed by atoms with Crippen molar-refractivity contribution < 1.29 is 19.0 Å². The van der Waals surface area contributed by atoms with Crippen molar-refractivity contribution in [2.24, 2.45) is 5.92 Å². The number of ether oxygens (including phenoxy) is 1. The van der Waals surface area contributed by atoms with Gasteiger partial charge >= 0.3 is 6.09 Å². The predicted octanol–water partition coefficient (Wildman–Crippen LogP) is 5.42. The van der Waals surface area contributed by atoms with Gasteiger partial charge in [-0.1, -0.05) is 32.6 Å². The Kier molecular flexibility index (Phi) is 6.48. The number of nitrogens with zero attached hydrogens (tertiary/aromatic N) is 2. The fourth-order valence-corrected chi connectivity index (χ4v) is 4.07. The molecule has 1 saturated carbocycles. The number of carbonyl (C=O) groups is 1. The highest BCUT2D eigenvalue weighted by Gasteiger charge is 2.21. The third kappa shape index (κ3) is 4.62. The monoisotopic (exact) mass is 453 g/mol. The Morgan fingerprint density at radius 1 is 1.30 bits per heavy atom. The highest BCUT2D eigenvalue weighted by atomic mass is 19.1. The minimum absolute atomic E-state index is 0.0572. The second-order valence-electron chi connectivity index (χ2n) is 8.33. The van der Waals surface area contributed by atoms with E-state index in [1.165, 1.54) is 37.9 Å². The Labute approximate surface area is 191 Å². The van der Waals surface area contributed by atoms with E-state index >= 15 is 0 Å². The number of carboxylic acid groups (broad SMARTS) is 1. The number of pyridine rings is 2. The van der Waals surface area contributed by atoms with Crippen LogP contribution in [0.5, 0.6) is 5.88 Å². The molecule has 1 amide bonds. The van der Waals surface area contributed by atoms with E-state index in [-0.39, 0.29) is 17.1 Å². The predicted molar refractivity (Wildman–Crippen MR) is 127 cm³/mol. The SMILES string of the molecule is CCC1CCC1.Cc1c(-c2cc3cc(NC(=O)O)ncc3c(N)c2F)cnc2c1NCCO2. The first-order valence-electron chi connectivity index (χ1n) is 11.1. The van der Waals surface area contributed by atoms with Crippen LogP contribution in [0, 0.1) is 18.7 Å². The maximum Gasteiger partial charge on any atom is 0.410 e. The van der Waals surface area contributed by atoms with E-state index in [1.54, 1.807) is 12.3 Å². The molecule has 1 aliphatic carbocycles. The Morgan fingerprint density at radius 3 is 2.73 bits per heavy atom. The maximum absolute atomic E-state index is 15.0. The number of aromatic nitrogens is 2. The number of nitrogens with one attached hydrogen (secondary N) is 2. The summed E-state index contributed by atoms with van der Waals surface area (Å²) in [6.45, 7) is 5.28. The molecule has 2 aliphatic rings. The maximum atomic E-state index is 15.0. The van der Waals surface area contributed by atoms with Crippen molar-refractivity contribution in [3.8, 4) is 17.0 Å². The van der Waals surface area contributed by atoms with Crippen LogP contribution in [0.25, 0.3) is 21.9 Å². The molecule has 0 radical (unpaired) electrons. The summed E-state index contributed by atoms with van der Waals surface area (Å²) in [7, 11) is 0. The number of amides is 1. The van der Waals surface area contributed by atoms with Crippen LogP contribution in [0.15, 0.2) is 24.5 Å². The second-order valence-corrected chi connectivity index (χ2v) is 8.33. The average molecular weight is 454 g/mol. The fraction of sp³-hybridized carbons (Fsp3) is 0.375. The molecule has 1 aromatic carbocycles. The van der Waals surface area contributed by atoms with Gasteiger partial charge in [-0.2, -0.15) is 0 Å². The summed E-state index contributed by atoms with van der Waals surface area (Å²) in [4.78, 5) is 19.1. The molecule has 3 aromatic rings. The Hall–Kier alpha value is -3.62. The number of hydrogen-bond donors (Lipinski definition) is 4. The molecule has 1 fully saturated rings. The molecule has 9 heteroatoms. The van der Waals surface area contributed by atoms with Crippen LogP contribution < -0.4 is 21.1 Å². The van der Waals surface area contributed by atoms with Crippen LogP contribution in [-0.4, -0.2) is 34.3 Å². The van der Waals surface area contributed by atoms with E-state index in [4.69, 9.17) is 15.6 Å². The summed E-state index contributed by atoms with van der Waals surface area (Å²) in [5.41, 5.74) is 8.28. The smallest absolute Gasteiger partial charge is 0.410 e. The molecule has 0 atom stereocenters. The molecule has 5 rings (SSSR count). The van der Waals surface area contributed by atoms with Gasteiger partial charge in [0.1, 0.15) is 18.1 Å². The van der Waals surface area contributed by atoms with Crippen LogP contribution in [0.1, 0.15) is 38.2 Å². The van der Waals surface area contributed by atoms with Gasteiger partial charge in [-0.3, -0.25) is 5.32 Å². The van der Waals surface area contributed by atoms with Crippen LogP contribution in [0.4, 0.5) is 26.4 Å². The van der Waals surface area contributed by atoms with Crippen LogP contribution >= 0.6 is 0 Å². The summed E-state index contributed by atoms with van der Waals surface area (Å²) in [6.07, 6.45) is 7.59. The minimum Gasteiger partial charge on any atom is -0.474 e. The molecule has 0 bridgehead atoms. The van der Waals surface area contributed by atoms with Crippen molar-refractivity contribution in [1.29, 1.82) is 0 Å². The van der Waals surface area contributed by atoms with E-state index in [0.717, 1.165) is 17.2 Å². The number of anilines is 3. The van der Waals surface area contributed by atoms with Gasteiger partial charge in [0.05, 0.1) is 5.69 Å². The van der Waals surface area contributed by atoms with Crippen molar-refractivity contribution >= 4 is 34.1 Å². The second kappa shape index (κ2) is 9.48. The van der Waals surface area contributed by atoms with Crippen molar-refractivity contribution in [3.63, 3.8) is 0 Å². The lowest BCUT2D eigenvalue weighted by Crippen LogP contribution is -2.20. The van der Waals surface area contributed by atoms with Gasteiger partial charge in [-0.15, -0.1) is 0 Å². The van der Waals surface area contributed by atoms with Gasteiger partial charge < -0.3 is 20.9 Å². The third-order valence-electron chi connectivity index (χ3n) is 6.27.